The molecule has 0 aliphatic heterocycles. The molecule has 90 valence electrons. The molecule has 1 aromatic rings. The number of nitrogens with one attached hydrogen (secondary N) is 2. The number of hydrogen-bond donors (Lipinski definition) is 3. The Morgan fingerprint density at radius 3 is 2.94 bits per heavy atom. The van der Waals surface area contributed by atoms with Crippen molar-refractivity contribution in [2.24, 2.45) is 0 Å². The lowest BCUT2D eigenvalue weighted by atomic mass is 9.92. The van der Waals surface area contributed by atoms with Crippen molar-refractivity contribution >= 4 is 5.91 Å². The minimum absolute atomic E-state index is 0.170. The Balaban J connectivity index is 1.99. The van der Waals surface area contributed by atoms with E-state index in [0.29, 0.717) is 11.3 Å². The molecule has 3 N–H and O–H groups in total. The maximum absolute atomic E-state index is 11.8. The van der Waals surface area contributed by atoms with Gasteiger partial charge in [-0.2, -0.15) is 5.26 Å². The molecule has 1 fully saturated rings. The van der Waals surface area contributed by atoms with E-state index in [2.05, 4.69) is 10.3 Å². The second-order valence-corrected chi connectivity index (χ2v) is 4.35. The van der Waals surface area contributed by atoms with Crippen LogP contribution in [0.2, 0.25) is 0 Å². The summed E-state index contributed by atoms with van der Waals surface area (Å²) < 4.78 is 0. The van der Waals surface area contributed by atoms with Crippen molar-refractivity contribution in [2.45, 2.75) is 37.8 Å². The van der Waals surface area contributed by atoms with Crippen molar-refractivity contribution in [1.82, 2.24) is 10.3 Å². The summed E-state index contributed by atoms with van der Waals surface area (Å²) in [5.41, 5.74) is 0.790. The van der Waals surface area contributed by atoms with Gasteiger partial charge in [-0.05, 0) is 18.9 Å². The molecule has 2 atom stereocenters. The largest absolute Gasteiger partial charge is 0.391 e. The fourth-order valence-electron chi connectivity index (χ4n) is 2.12. The standard InChI is InChI=1S/C12H15N3O2/c13-6-9-5-8(7-14-9)12(17)15-10-3-1-2-4-11(10)16/h5,7,10-11,14,16H,1-4H2,(H,15,17). The Labute approximate surface area is 99.5 Å². The molecular formula is C12H15N3O2. The molecule has 1 aliphatic carbocycles. The van der Waals surface area contributed by atoms with E-state index in [9.17, 15) is 9.90 Å². The highest BCUT2D eigenvalue weighted by Crippen LogP contribution is 2.18. The molecule has 0 bridgehead atoms. The first-order valence-corrected chi connectivity index (χ1v) is 5.78. The molecule has 0 aromatic carbocycles. The summed E-state index contributed by atoms with van der Waals surface area (Å²) in [6.45, 7) is 0. The number of rotatable bonds is 2. The first-order valence-electron chi connectivity index (χ1n) is 5.78. The van der Waals surface area contributed by atoms with Crippen molar-refractivity contribution < 1.29 is 9.90 Å². The van der Waals surface area contributed by atoms with Gasteiger partial charge in [0.1, 0.15) is 11.8 Å². The number of aliphatic hydroxyl groups excluding tert-OH is 1. The van der Waals surface area contributed by atoms with Crippen LogP contribution in [0.5, 0.6) is 0 Å². The van der Waals surface area contributed by atoms with E-state index in [4.69, 9.17) is 5.26 Å². The van der Waals surface area contributed by atoms with Crippen molar-refractivity contribution in [3.8, 4) is 6.07 Å². The molecule has 0 radical (unpaired) electrons. The van der Waals surface area contributed by atoms with E-state index < -0.39 is 6.10 Å². The summed E-state index contributed by atoms with van der Waals surface area (Å²) in [4.78, 5) is 14.5. The molecule has 2 unspecified atom stereocenters. The number of aromatic nitrogens is 1. The third-order valence-corrected chi connectivity index (χ3v) is 3.11. The molecule has 5 nitrogen and oxygen atoms in total. The molecule has 1 aliphatic rings. The van der Waals surface area contributed by atoms with Crippen LogP contribution in [0.25, 0.3) is 0 Å². The second kappa shape index (κ2) is 5.02. The Morgan fingerprint density at radius 1 is 1.53 bits per heavy atom. The minimum Gasteiger partial charge on any atom is -0.391 e. The van der Waals surface area contributed by atoms with E-state index >= 15 is 0 Å². The Kier molecular flexibility index (Phi) is 3.45. The average Bonchev–Trinajstić information content (AvgIpc) is 2.81. The number of carbonyl (C=O) groups excluding carboxylic acids is 1. The van der Waals surface area contributed by atoms with Crippen LogP contribution in [-0.2, 0) is 0 Å². The molecule has 2 rings (SSSR count). The van der Waals surface area contributed by atoms with E-state index in [1.165, 1.54) is 12.3 Å². The van der Waals surface area contributed by atoms with E-state index in [1.54, 1.807) is 0 Å². The van der Waals surface area contributed by atoms with Crippen molar-refractivity contribution in [3.63, 3.8) is 0 Å². The molecule has 5 heteroatoms. The number of carbonyl (C=O) groups is 1. The van der Waals surface area contributed by atoms with Crippen molar-refractivity contribution in [1.29, 1.82) is 5.26 Å². The fourth-order valence-corrected chi connectivity index (χ4v) is 2.12. The molecule has 0 spiro atoms. The molecule has 1 saturated carbocycles. The average molecular weight is 233 g/mol. The normalized spacial score (nSPS) is 24.0. The quantitative estimate of drug-likeness (QED) is 0.709. The topological polar surface area (TPSA) is 88.9 Å². The third kappa shape index (κ3) is 2.66. The van der Waals surface area contributed by atoms with E-state index in [1.807, 2.05) is 6.07 Å². The van der Waals surface area contributed by atoms with Gasteiger partial charge in [-0.1, -0.05) is 12.8 Å². The van der Waals surface area contributed by atoms with Gasteiger partial charge in [0.15, 0.2) is 0 Å². The number of hydrogen-bond acceptors (Lipinski definition) is 3. The highest BCUT2D eigenvalue weighted by atomic mass is 16.3. The van der Waals surface area contributed by atoms with Crippen LogP contribution in [-0.4, -0.2) is 28.1 Å². The van der Waals surface area contributed by atoms with Gasteiger partial charge in [-0.3, -0.25) is 4.79 Å². The predicted octanol–water partition coefficient (Wildman–Crippen LogP) is 0.920. The van der Waals surface area contributed by atoms with Crippen molar-refractivity contribution in [2.75, 3.05) is 0 Å². The molecular weight excluding hydrogens is 218 g/mol. The van der Waals surface area contributed by atoms with Crippen LogP contribution in [0.15, 0.2) is 12.3 Å². The van der Waals surface area contributed by atoms with Crippen LogP contribution < -0.4 is 5.32 Å². The summed E-state index contributed by atoms with van der Waals surface area (Å²) >= 11 is 0. The number of nitrogens with zero attached hydrogens (tertiary/aromatic N) is 1. The lowest BCUT2D eigenvalue weighted by Crippen LogP contribution is -2.44. The number of aliphatic hydroxyl groups is 1. The molecule has 17 heavy (non-hydrogen) atoms. The summed E-state index contributed by atoms with van der Waals surface area (Å²) in [5, 5.41) is 21.2. The van der Waals surface area contributed by atoms with Gasteiger partial charge in [0, 0.05) is 6.20 Å². The molecule has 0 saturated heterocycles. The fraction of sp³-hybridized carbons (Fsp3) is 0.500. The van der Waals surface area contributed by atoms with E-state index in [-0.39, 0.29) is 11.9 Å². The maximum atomic E-state index is 11.8. The maximum Gasteiger partial charge on any atom is 0.253 e. The lowest BCUT2D eigenvalue weighted by molar-refractivity contribution is 0.0717. The Hall–Kier alpha value is -1.80. The zero-order valence-corrected chi connectivity index (χ0v) is 9.44. The second-order valence-electron chi connectivity index (χ2n) is 4.35. The van der Waals surface area contributed by atoms with Gasteiger partial charge in [-0.15, -0.1) is 0 Å². The smallest absolute Gasteiger partial charge is 0.253 e. The Bertz CT molecular complexity index is 447. The zero-order chi connectivity index (χ0) is 12.3. The summed E-state index contributed by atoms with van der Waals surface area (Å²) in [5.74, 6) is -0.242. The summed E-state index contributed by atoms with van der Waals surface area (Å²) in [6, 6.07) is 3.26. The first-order chi connectivity index (χ1) is 8.20. The van der Waals surface area contributed by atoms with Gasteiger partial charge in [-0.25, -0.2) is 0 Å². The van der Waals surface area contributed by atoms with Gasteiger partial charge in [0.2, 0.25) is 0 Å². The number of aromatic amines is 1. The first kappa shape index (κ1) is 11.7. The number of H-pyrrole nitrogens is 1. The molecule has 1 heterocycles. The summed E-state index contributed by atoms with van der Waals surface area (Å²) in [6.07, 6.45) is 4.63. The SMILES string of the molecule is N#Cc1cc(C(=O)NC2CCCCC2O)c[nH]1. The monoisotopic (exact) mass is 233 g/mol. The van der Waals surface area contributed by atoms with Gasteiger partial charge in [0.25, 0.3) is 5.91 Å². The third-order valence-electron chi connectivity index (χ3n) is 3.11. The predicted molar refractivity (Wildman–Crippen MR) is 61.2 cm³/mol. The van der Waals surface area contributed by atoms with Gasteiger partial charge < -0.3 is 15.4 Å². The summed E-state index contributed by atoms with van der Waals surface area (Å²) in [7, 11) is 0. The lowest BCUT2D eigenvalue weighted by Gasteiger charge is -2.28. The van der Waals surface area contributed by atoms with Crippen molar-refractivity contribution in [3.05, 3.63) is 23.5 Å². The highest BCUT2D eigenvalue weighted by molar-refractivity contribution is 5.94. The Morgan fingerprint density at radius 2 is 2.29 bits per heavy atom. The van der Waals surface area contributed by atoms with Gasteiger partial charge >= 0.3 is 0 Å². The minimum atomic E-state index is -0.456. The van der Waals surface area contributed by atoms with Crippen LogP contribution in [0.4, 0.5) is 0 Å². The number of amides is 1. The number of nitriles is 1. The van der Waals surface area contributed by atoms with Crippen LogP contribution in [0, 0.1) is 11.3 Å². The van der Waals surface area contributed by atoms with Crippen LogP contribution >= 0.6 is 0 Å². The molecule has 1 aromatic heterocycles. The highest BCUT2D eigenvalue weighted by Gasteiger charge is 2.25. The van der Waals surface area contributed by atoms with Gasteiger partial charge in [0.05, 0.1) is 17.7 Å². The van der Waals surface area contributed by atoms with E-state index in [0.717, 1.165) is 25.7 Å². The van der Waals surface area contributed by atoms with Crippen LogP contribution in [0.3, 0.4) is 0 Å². The zero-order valence-electron chi connectivity index (χ0n) is 9.44. The molecule has 1 amide bonds. The van der Waals surface area contributed by atoms with Crippen LogP contribution in [0.1, 0.15) is 41.7 Å².